The van der Waals surface area contributed by atoms with Gasteiger partial charge in [0, 0.05) is 0 Å². The molecule has 0 spiro atoms. The number of benzene rings is 2. The lowest BCUT2D eigenvalue weighted by atomic mass is 9.77. The zero-order chi connectivity index (χ0) is 24.0. The van der Waals surface area contributed by atoms with E-state index in [9.17, 15) is 22.0 Å². The Labute approximate surface area is 191 Å². The molecule has 0 aromatic heterocycles. The molecular formula is C26H29F5O2. The van der Waals surface area contributed by atoms with E-state index < -0.39 is 40.6 Å². The zero-order valence-corrected chi connectivity index (χ0v) is 18.9. The lowest BCUT2D eigenvalue weighted by molar-refractivity contribution is -0.189. The summed E-state index contributed by atoms with van der Waals surface area (Å²) in [6.07, 6.45) is 6.02. The maximum atomic E-state index is 14.6. The van der Waals surface area contributed by atoms with E-state index in [0.29, 0.717) is 12.0 Å². The molecule has 0 unspecified atom stereocenters. The van der Waals surface area contributed by atoms with Gasteiger partial charge in [-0.25, -0.2) is 8.78 Å². The Kier molecular flexibility index (Phi) is 8.38. The highest BCUT2D eigenvalue weighted by molar-refractivity contribution is 5.35. The predicted octanol–water partition coefficient (Wildman–Crippen LogP) is 8.26. The molecule has 0 heterocycles. The minimum atomic E-state index is -4.27. The zero-order valence-electron chi connectivity index (χ0n) is 18.9. The van der Waals surface area contributed by atoms with Crippen LogP contribution in [0.1, 0.15) is 69.4 Å². The summed E-state index contributed by atoms with van der Waals surface area (Å²) in [4.78, 5) is 0. The summed E-state index contributed by atoms with van der Waals surface area (Å²) in [6.45, 7) is 3.59. The van der Waals surface area contributed by atoms with Crippen LogP contribution in [0.5, 0.6) is 11.5 Å². The van der Waals surface area contributed by atoms with Gasteiger partial charge in [0.05, 0.1) is 6.61 Å². The monoisotopic (exact) mass is 468 g/mol. The van der Waals surface area contributed by atoms with E-state index in [1.165, 1.54) is 6.07 Å². The maximum absolute atomic E-state index is 14.6. The summed E-state index contributed by atoms with van der Waals surface area (Å²) in [5.74, 6) is -4.71. The van der Waals surface area contributed by atoms with E-state index in [-0.39, 0.29) is 12.5 Å². The normalized spacial score (nSPS) is 19.1. The maximum Gasteiger partial charge on any atom is 0.429 e. The van der Waals surface area contributed by atoms with E-state index >= 15 is 0 Å². The number of halogens is 5. The van der Waals surface area contributed by atoms with Crippen molar-refractivity contribution in [1.29, 1.82) is 0 Å². The molecule has 0 bridgehead atoms. The first-order valence-electron chi connectivity index (χ1n) is 11.4. The fourth-order valence-corrected chi connectivity index (χ4v) is 4.35. The number of allylic oxidation sites excluding steroid dienone is 2. The number of hydrogen-bond acceptors (Lipinski definition) is 2. The lowest BCUT2D eigenvalue weighted by Crippen LogP contribution is -2.24. The molecule has 3 rings (SSSR count). The third-order valence-corrected chi connectivity index (χ3v) is 6.15. The van der Waals surface area contributed by atoms with Gasteiger partial charge in [0.15, 0.2) is 23.1 Å². The van der Waals surface area contributed by atoms with Crippen molar-refractivity contribution in [3.63, 3.8) is 0 Å². The van der Waals surface area contributed by atoms with Crippen LogP contribution in [0.4, 0.5) is 22.0 Å². The van der Waals surface area contributed by atoms with Crippen molar-refractivity contribution in [2.24, 2.45) is 5.92 Å². The van der Waals surface area contributed by atoms with Crippen molar-refractivity contribution < 1.29 is 31.4 Å². The highest BCUT2D eigenvalue weighted by Gasteiger charge is 2.40. The third-order valence-electron chi connectivity index (χ3n) is 6.15. The molecule has 1 fully saturated rings. The van der Waals surface area contributed by atoms with E-state index in [4.69, 9.17) is 4.74 Å². The van der Waals surface area contributed by atoms with Crippen LogP contribution in [-0.4, -0.2) is 6.61 Å². The average molecular weight is 469 g/mol. The second-order valence-corrected chi connectivity index (χ2v) is 8.34. The molecule has 1 aliphatic rings. The average Bonchev–Trinajstić information content (AvgIpc) is 2.79. The van der Waals surface area contributed by atoms with Gasteiger partial charge in [0.25, 0.3) is 0 Å². The van der Waals surface area contributed by atoms with Crippen molar-refractivity contribution in [1.82, 2.24) is 0 Å². The van der Waals surface area contributed by atoms with Crippen LogP contribution in [-0.2, 0) is 6.11 Å². The molecule has 2 aromatic rings. The van der Waals surface area contributed by atoms with Gasteiger partial charge in [-0.3, -0.25) is 0 Å². The Morgan fingerprint density at radius 2 is 1.67 bits per heavy atom. The molecule has 0 saturated heterocycles. The van der Waals surface area contributed by atoms with Crippen molar-refractivity contribution in [3.05, 3.63) is 71.1 Å². The smallest absolute Gasteiger partial charge is 0.429 e. The summed E-state index contributed by atoms with van der Waals surface area (Å²) in [5, 5.41) is 0. The Morgan fingerprint density at radius 3 is 2.30 bits per heavy atom. The van der Waals surface area contributed by atoms with Gasteiger partial charge in [0.1, 0.15) is 5.56 Å². The van der Waals surface area contributed by atoms with E-state index in [0.717, 1.165) is 56.2 Å². The van der Waals surface area contributed by atoms with Gasteiger partial charge in [-0.1, -0.05) is 18.2 Å². The molecule has 0 amide bonds. The van der Waals surface area contributed by atoms with Crippen LogP contribution in [0.25, 0.3) is 0 Å². The number of alkyl halides is 2. The molecule has 0 atom stereocenters. The lowest BCUT2D eigenvalue weighted by Gasteiger charge is -2.29. The standard InChI is InChI=1S/C26H29F5O2/c1-3-5-6-7-17-8-10-18(11-9-17)19-12-14-22(21(27)16-19)33-26(30,31)20-13-15-23(32-4-2)25(29)24(20)28/h3,5,12-18H,4,6-11H2,1-2H3. The Hall–Kier alpha value is -2.57. The highest BCUT2D eigenvalue weighted by Crippen LogP contribution is 2.40. The minimum absolute atomic E-state index is 0.0397. The molecule has 0 N–H and O–H groups in total. The number of hydrogen-bond donors (Lipinski definition) is 0. The number of rotatable bonds is 9. The van der Waals surface area contributed by atoms with Crippen LogP contribution in [0.3, 0.4) is 0 Å². The topological polar surface area (TPSA) is 18.5 Å². The van der Waals surface area contributed by atoms with Crippen LogP contribution in [0.15, 0.2) is 42.5 Å². The van der Waals surface area contributed by atoms with Gasteiger partial charge in [-0.2, -0.15) is 13.2 Å². The van der Waals surface area contributed by atoms with Crippen molar-refractivity contribution in [2.75, 3.05) is 6.61 Å². The van der Waals surface area contributed by atoms with Crippen LogP contribution >= 0.6 is 0 Å². The molecule has 0 radical (unpaired) electrons. The fourth-order valence-electron chi connectivity index (χ4n) is 4.35. The van der Waals surface area contributed by atoms with Gasteiger partial charge < -0.3 is 9.47 Å². The van der Waals surface area contributed by atoms with Crippen LogP contribution in [0, 0.1) is 23.4 Å². The summed E-state index contributed by atoms with van der Waals surface area (Å²) >= 11 is 0. The van der Waals surface area contributed by atoms with Crippen LogP contribution < -0.4 is 9.47 Å². The molecule has 1 saturated carbocycles. The molecule has 33 heavy (non-hydrogen) atoms. The highest BCUT2D eigenvalue weighted by atomic mass is 19.3. The molecule has 180 valence electrons. The third kappa shape index (κ3) is 6.06. The summed E-state index contributed by atoms with van der Waals surface area (Å²) in [6, 6.07) is 5.45. The summed E-state index contributed by atoms with van der Waals surface area (Å²) < 4.78 is 81.3. The molecular weight excluding hydrogens is 439 g/mol. The van der Waals surface area contributed by atoms with E-state index in [1.807, 2.05) is 13.0 Å². The number of ether oxygens (including phenoxy) is 2. The molecule has 1 aliphatic carbocycles. The summed E-state index contributed by atoms with van der Waals surface area (Å²) in [5.41, 5.74) is -0.600. The SMILES string of the molecule is CC=CCCC1CCC(c2ccc(OC(F)(F)c3ccc(OCC)c(F)c3F)c(F)c2)CC1. The molecule has 2 nitrogen and oxygen atoms in total. The second-order valence-electron chi connectivity index (χ2n) is 8.34. The van der Waals surface area contributed by atoms with E-state index in [2.05, 4.69) is 10.8 Å². The van der Waals surface area contributed by atoms with Crippen molar-refractivity contribution in [2.45, 2.75) is 64.4 Å². The van der Waals surface area contributed by atoms with Gasteiger partial charge in [0.2, 0.25) is 5.82 Å². The van der Waals surface area contributed by atoms with Gasteiger partial charge in [-0.15, -0.1) is 0 Å². The first kappa shape index (κ1) is 25.1. The quantitative estimate of drug-likeness (QED) is 0.272. The van der Waals surface area contributed by atoms with Gasteiger partial charge >= 0.3 is 6.11 Å². The Balaban J connectivity index is 1.69. The first-order chi connectivity index (χ1) is 15.8. The minimum Gasteiger partial charge on any atom is -0.491 e. The largest absolute Gasteiger partial charge is 0.491 e. The van der Waals surface area contributed by atoms with Crippen molar-refractivity contribution in [3.8, 4) is 11.5 Å². The summed E-state index contributed by atoms with van der Waals surface area (Å²) in [7, 11) is 0. The predicted molar refractivity (Wildman–Crippen MR) is 117 cm³/mol. The molecule has 2 aromatic carbocycles. The van der Waals surface area contributed by atoms with E-state index in [1.54, 1.807) is 13.0 Å². The Morgan fingerprint density at radius 1 is 0.970 bits per heavy atom. The van der Waals surface area contributed by atoms with Crippen LogP contribution in [0.2, 0.25) is 0 Å². The second kappa shape index (κ2) is 11.0. The first-order valence-corrected chi connectivity index (χ1v) is 11.4. The van der Waals surface area contributed by atoms with Crippen molar-refractivity contribution >= 4 is 0 Å². The fraction of sp³-hybridized carbons (Fsp3) is 0.462. The molecule has 0 aliphatic heterocycles. The Bertz CT molecular complexity index is 965. The molecule has 7 heteroatoms. The van der Waals surface area contributed by atoms with Gasteiger partial charge in [-0.05, 0) is 94.0 Å².